The van der Waals surface area contributed by atoms with Crippen molar-refractivity contribution in [1.29, 1.82) is 0 Å². The summed E-state index contributed by atoms with van der Waals surface area (Å²) in [5.41, 5.74) is 20.1. The standard InChI is InChI=1S/2C51H33N3/c1-2-11-34(12-3-1)39-17-10-18-42(29-39)47-19-8-9-20-48(47)43-25-23-41-33-46(28-24-40(41)30-43)51-53-49(44-26-21-35-13-4-6-15-37(35)31-44)52-50(54-51)45-27-22-36-14-5-7-16-38(36)32-45;1-2-10-34(11-3-1)37-18-22-38(23-19-37)47-16-8-9-17-48(47)43-26-24-42-33-46(29-25-41(42)30-43)51-53-49(44-27-20-35-12-4-6-14-39(35)31-44)52-50(54-51)45-28-21-36-13-5-7-15-40(36)32-45/h2*1-33H. The van der Waals surface area contributed by atoms with Crippen molar-refractivity contribution in [2.45, 2.75) is 0 Å². The summed E-state index contributed by atoms with van der Waals surface area (Å²) in [6.45, 7) is 0. The molecule has 20 aromatic rings. The van der Waals surface area contributed by atoms with Gasteiger partial charge in [0.2, 0.25) is 0 Å². The summed E-state index contributed by atoms with van der Waals surface area (Å²) in [5, 5.41) is 13.9. The Morgan fingerprint density at radius 2 is 0.287 bits per heavy atom. The fraction of sp³-hybridized carbons (Fsp3) is 0. The summed E-state index contributed by atoms with van der Waals surface area (Å²) in [6, 6.07) is 142. The molecule has 2 heterocycles. The largest absolute Gasteiger partial charge is 0.208 e. The highest BCUT2D eigenvalue weighted by molar-refractivity contribution is 5.97. The number of hydrogen-bond acceptors (Lipinski definition) is 6. The third-order valence-corrected chi connectivity index (χ3v) is 20.6. The van der Waals surface area contributed by atoms with E-state index < -0.39 is 0 Å². The van der Waals surface area contributed by atoms with E-state index in [1.807, 2.05) is 0 Å². The van der Waals surface area contributed by atoms with E-state index in [0.717, 1.165) is 76.5 Å². The van der Waals surface area contributed by atoms with Crippen LogP contribution in [0.15, 0.2) is 400 Å². The summed E-state index contributed by atoms with van der Waals surface area (Å²) in [6.07, 6.45) is 0. The molecule has 2 aromatic heterocycles. The molecule has 108 heavy (non-hydrogen) atoms. The van der Waals surface area contributed by atoms with Gasteiger partial charge in [0.25, 0.3) is 0 Å². The number of hydrogen-bond donors (Lipinski definition) is 0. The first-order valence-electron chi connectivity index (χ1n) is 36.5. The Kier molecular flexibility index (Phi) is 16.9. The maximum atomic E-state index is 5.09. The molecule has 0 radical (unpaired) electrons. The number of rotatable bonds is 12. The second kappa shape index (κ2) is 28.3. The molecule has 504 valence electrons. The molecule has 0 atom stereocenters. The van der Waals surface area contributed by atoms with E-state index in [4.69, 9.17) is 29.9 Å². The second-order valence-electron chi connectivity index (χ2n) is 27.4. The van der Waals surface area contributed by atoms with Gasteiger partial charge in [0, 0.05) is 33.4 Å². The molecule has 0 saturated carbocycles. The van der Waals surface area contributed by atoms with Crippen LogP contribution in [0.1, 0.15) is 0 Å². The van der Waals surface area contributed by atoms with E-state index in [2.05, 4.69) is 400 Å². The van der Waals surface area contributed by atoms with Crippen molar-refractivity contribution in [3.8, 4) is 135 Å². The minimum atomic E-state index is 0.644. The molecule has 0 aliphatic heterocycles. The van der Waals surface area contributed by atoms with E-state index in [9.17, 15) is 0 Å². The lowest BCUT2D eigenvalue weighted by atomic mass is 9.91. The van der Waals surface area contributed by atoms with E-state index in [0.29, 0.717) is 34.9 Å². The Morgan fingerprint density at radius 3 is 0.611 bits per heavy atom. The first kappa shape index (κ1) is 64.4. The fourth-order valence-electron chi connectivity index (χ4n) is 14.9. The average molecular weight is 1380 g/mol. The topological polar surface area (TPSA) is 77.3 Å². The molecule has 0 amide bonds. The van der Waals surface area contributed by atoms with E-state index in [1.54, 1.807) is 0 Å². The van der Waals surface area contributed by atoms with Gasteiger partial charge in [0.05, 0.1) is 0 Å². The van der Waals surface area contributed by atoms with Gasteiger partial charge in [0.1, 0.15) is 0 Å². The van der Waals surface area contributed by atoms with Gasteiger partial charge >= 0.3 is 0 Å². The van der Waals surface area contributed by atoms with Crippen LogP contribution in [0.4, 0.5) is 0 Å². The van der Waals surface area contributed by atoms with Crippen molar-refractivity contribution in [1.82, 2.24) is 29.9 Å². The monoisotopic (exact) mass is 1370 g/mol. The first-order valence-corrected chi connectivity index (χ1v) is 36.5. The molecule has 0 unspecified atom stereocenters. The van der Waals surface area contributed by atoms with Crippen LogP contribution in [0.3, 0.4) is 0 Å². The SMILES string of the molecule is c1ccc(-c2ccc(-c3ccccc3-c3ccc4cc(-c5nc(-c6ccc7ccccc7c6)nc(-c6ccc7ccccc7c6)n5)ccc4c3)cc2)cc1.c1ccc(-c2cccc(-c3ccccc3-c3ccc4cc(-c5nc(-c6ccc7ccccc7c6)nc(-c6ccc7ccccc7c6)n5)ccc4c3)c2)cc1. The van der Waals surface area contributed by atoms with Crippen LogP contribution < -0.4 is 0 Å². The van der Waals surface area contributed by atoms with E-state index >= 15 is 0 Å². The van der Waals surface area contributed by atoms with Gasteiger partial charge in [-0.15, -0.1) is 0 Å². The predicted octanol–water partition coefficient (Wildman–Crippen LogP) is 26.7. The quantitative estimate of drug-likeness (QED) is 0.121. The molecule has 0 N–H and O–H groups in total. The van der Waals surface area contributed by atoms with Crippen LogP contribution >= 0.6 is 0 Å². The lowest BCUT2D eigenvalue weighted by molar-refractivity contribution is 1.08. The van der Waals surface area contributed by atoms with Gasteiger partial charge in [-0.05, 0) is 186 Å². The predicted molar refractivity (Wildman–Crippen MR) is 450 cm³/mol. The Bertz CT molecular complexity index is 6620. The average Bonchev–Trinajstić information content (AvgIpc) is 0.782. The Hall–Kier alpha value is -14.5. The van der Waals surface area contributed by atoms with Gasteiger partial charge in [-0.3, -0.25) is 0 Å². The molecular formula is C102H66N6. The van der Waals surface area contributed by atoms with E-state index in [-0.39, 0.29) is 0 Å². The molecule has 6 nitrogen and oxygen atoms in total. The molecule has 18 aromatic carbocycles. The number of benzene rings is 18. The maximum Gasteiger partial charge on any atom is 0.164 e. The smallest absolute Gasteiger partial charge is 0.164 e. The highest BCUT2D eigenvalue weighted by Gasteiger charge is 2.19. The normalized spacial score (nSPS) is 11.3. The van der Waals surface area contributed by atoms with Crippen molar-refractivity contribution >= 4 is 64.6 Å². The minimum Gasteiger partial charge on any atom is -0.208 e. The molecule has 0 saturated heterocycles. The molecule has 0 aliphatic carbocycles. The number of fused-ring (bicyclic) bond motifs is 6. The van der Waals surface area contributed by atoms with E-state index in [1.165, 1.54) is 88.3 Å². The zero-order valence-corrected chi connectivity index (χ0v) is 58.8. The van der Waals surface area contributed by atoms with Crippen molar-refractivity contribution in [2.75, 3.05) is 0 Å². The third kappa shape index (κ3) is 13.1. The summed E-state index contributed by atoms with van der Waals surface area (Å²) in [5.74, 6) is 3.89. The van der Waals surface area contributed by atoms with Crippen molar-refractivity contribution < 1.29 is 0 Å². The van der Waals surface area contributed by atoms with Crippen LogP contribution in [0.25, 0.3) is 200 Å². The zero-order chi connectivity index (χ0) is 71.7. The summed E-state index contributed by atoms with van der Waals surface area (Å²) < 4.78 is 0. The van der Waals surface area contributed by atoms with Crippen LogP contribution in [0.5, 0.6) is 0 Å². The lowest BCUT2D eigenvalue weighted by Crippen LogP contribution is -2.00. The lowest BCUT2D eigenvalue weighted by Gasteiger charge is -2.13. The van der Waals surface area contributed by atoms with Crippen LogP contribution in [0, 0.1) is 0 Å². The highest BCUT2D eigenvalue weighted by Crippen LogP contribution is 2.40. The maximum absolute atomic E-state index is 5.09. The van der Waals surface area contributed by atoms with Gasteiger partial charge in [0.15, 0.2) is 34.9 Å². The molecule has 20 rings (SSSR count). The summed E-state index contributed by atoms with van der Waals surface area (Å²) in [4.78, 5) is 30.5. The number of aromatic nitrogens is 6. The molecular weight excluding hydrogens is 1310 g/mol. The van der Waals surface area contributed by atoms with Gasteiger partial charge in [-0.2, -0.15) is 0 Å². The number of nitrogens with zero attached hydrogens (tertiary/aromatic N) is 6. The fourth-order valence-corrected chi connectivity index (χ4v) is 14.9. The van der Waals surface area contributed by atoms with Gasteiger partial charge in [-0.25, -0.2) is 29.9 Å². The Morgan fingerprint density at radius 1 is 0.102 bits per heavy atom. The molecule has 6 heteroatoms. The van der Waals surface area contributed by atoms with Crippen molar-refractivity contribution in [3.63, 3.8) is 0 Å². The van der Waals surface area contributed by atoms with Crippen molar-refractivity contribution in [3.05, 3.63) is 400 Å². The minimum absolute atomic E-state index is 0.644. The van der Waals surface area contributed by atoms with Crippen molar-refractivity contribution in [2.24, 2.45) is 0 Å². The zero-order valence-electron chi connectivity index (χ0n) is 58.8. The molecule has 0 bridgehead atoms. The third-order valence-electron chi connectivity index (χ3n) is 20.6. The highest BCUT2D eigenvalue weighted by atomic mass is 15.0. The molecule has 0 fully saturated rings. The molecule has 0 spiro atoms. The summed E-state index contributed by atoms with van der Waals surface area (Å²) in [7, 11) is 0. The summed E-state index contributed by atoms with van der Waals surface area (Å²) >= 11 is 0. The van der Waals surface area contributed by atoms with Gasteiger partial charge in [-0.1, -0.05) is 346 Å². The first-order chi connectivity index (χ1) is 53.4. The van der Waals surface area contributed by atoms with Crippen LogP contribution in [-0.2, 0) is 0 Å². The Labute approximate surface area is 626 Å². The Balaban J connectivity index is 0.000000147. The molecule has 0 aliphatic rings. The van der Waals surface area contributed by atoms with Crippen LogP contribution in [-0.4, -0.2) is 29.9 Å². The second-order valence-corrected chi connectivity index (χ2v) is 27.4. The van der Waals surface area contributed by atoms with Crippen LogP contribution in [0.2, 0.25) is 0 Å². The van der Waals surface area contributed by atoms with Gasteiger partial charge < -0.3 is 0 Å².